The SMILES string of the molecule is O=NC1(O)CCNCC1. The second-order valence-electron chi connectivity index (χ2n) is 2.32. The number of nitrogens with zero attached hydrogens (tertiary/aromatic N) is 1. The van der Waals surface area contributed by atoms with Gasteiger partial charge in [0.15, 0.2) is 5.72 Å². The number of nitroso groups, excluding NO2 is 1. The molecule has 1 heterocycles. The molecule has 52 valence electrons. The van der Waals surface area contributed by atoms with Crippen molar-refractivity contribution in [3.8, 4) is 0 Å². The molecule has 0 saturated carbocycles. The quantitative estimate of drug-likeness (QED) is 0.484. The molecule has 1 fully saturated rings. The summed E-state index contributed by atoms with van der Waals surface area (Å²) in [4.78, 5) is 9.95. The lowest BCUT2D eigenvalue weighted by atomic mass is 10.0. The zero-order chi connectivity index (χ0) is 6.74. The third kappa shape index (κ3) is 1.46. The summed E-state index contributed by atoms with van der Waals surface area (Å²) in [6.07, 6.45) is 0.882. The molecule has 0 aromatic rings. The molecule has 0 aromatic carbocycles. The van der Waals surface area contributed by atoms with E-state index in [1.54, 1.807) is 0 Å². The van der Waals surface area contributed by atoms with Crippen molar-refractivity contribution in [2.45, 2.75) is 18.6 Å². The van der Waals surface area contributed by atoms with Crippen molar-refractivity contribution in [2.75, 3.05) is 13.1 Å². The lowest BCUT2D eigenvalue weighted by molar-refractivity contribution is 0.0177. The Bertz CT molecular complexity index is 110. The van der Waals surface area contributed by atoms with Crippen LogP contribution in [0.25, 0.3) is 0 Å². The highest BCUT2D eigenvalue weighted by Gasteiger charge is 2.29. The van der Waals surface area contributed by atoms with Crippen molar-refractivity contribution in [3.05, 3.63) is 4.91 Å². The van der Waals surface area contributed by atoms with Gasteiger partial charge < -0.3 is 10.4 Å². The van der Waals surface area contributed by atoms with E-state index in [2.05, 4.69) is 10.5 Å². The van der Waals surface area contributed by atoms with E-state index in [0.29, 0.717) is 25.9 Å². The molecule has 9 heavy (non-hydrogen) atoms. The Morgan fingerprint density at radius 2 is 2.00 bits per heavy atom. The van der Waals surface area contributed by atoms with Crippen LogP contribution in [0.15, 0.2) is 5.18 Å². The standard InChI is InChI=1S/C5H10N2O2/c8-5(7-9)1-3-6-4-2-5/h6,8H,1-4H2. The first-order chi connectivity index (χ1) is 4.27. The average Bonchev–Trinajstić information content (AvgIpc) is 1.90. The number of nitrogens with one attached hydrogen (secondary N) is 1. The summed E-state index contributed by atoms with van der Waals surface area (Å²) in [5.41, 5.74) is -1.27. The summed E-state index contributed by atoms with van der Waals surface area (Å²) < 4.78 is 0. The molecule has 0 aromatic heterocycles. The van der Waals surface area contributed by atoms with Crippen LogP contribution in [-0.2, 0) is 0 Å². The van der Waals surface area contributed by atoms with Crippen LogP contribution >= 0.6 is 0 Å². The van der Waals surface area contributed by atoms with Crippen LogP contribution in [0.2, 0.25) is 0 Å². The molecule has 0 amide bonds. The van der Waals surface area contributed by atoms with Crippen molar-refractivity contribution in [3.63, 3.8) is 0 Å². The van der Waals surface area contributed by atoms with Gasteiger partial charge in [-0.25, -0.2) is 0 Å². The first kappa shape index (κ1) is 6.64. The number of rotatable bonds is 1. The molecule has 4 heteroatoms. The van der Waals surface area contributed by atoms with Gasteiger partial charge in [-0.1, -0.05) is 0 Å². The van der Waals surface area contributed by atoms with Crippen LogP contribution < -0.4 is 5.32 Å². The van der Waals surface area contributed by atoms with Gasteiger partial charge in [0.1, 0.15) is 0 Å². The topological polar surface area (TPSA) is 61.7 Å². The van der Waals surface area contributed by atoms with Crippen LogP contribution in [0, 0.1) is 4.91 Å². The van der Waals surface area contributed by atoms with Gasteiger partial charge in [0.05, 0.1) is 0 Å². The first-order valence-corrected chi connectivity index (χ1v) is 3.04. The van der Waals surface area contributed by atoms with E-state index in [4.69, 9.17) is 5.11 Å². The molecule has 1 rings (SSSR count). The molecule has 1 aliphatic heterocycles. The Hall–Kier alpha value is -0.480. The van der Waals surface area contributed by atoms with Crippen LogP contribution in [-0.4, -0.2) is 23.9 Å². The number of hydrogen-bond donors (Lipinski definition) is 2. The highest BCUT2D eigenvalue weighted by atomic mass is 16.4. The van der Waals surface area contributed by atoms with Crippen molar-refractivity contribution >= 4 is 0 Å². The maximum absolute atomic E-state index is 9.95. The second kappa shape index (κ2) is 2.41. The Labute approximate surface area is 53.2 Å². The monoisotopic (exact) mass is 130 g/mol. The lowest BCUT2D eigenvalue weighted by Gasteiger charge is -2.24. The second-order valence-corrected chi connectivity index (χ2v) is 2.32. The minimum atomic E-state index is -1.27. The molecule has 0 atom stereocenters. The summed E-state index contributed by atoms with van der Waals surface area (Å²) >= 11 is 0. The van der Waals surface area contributed by atoms with Gasteiger partial charge >= 0.3 is 0 Å². The molecule has 0 aliphatic carbocycles. The van der Waals surface area contributed by atoms with Crippen LogP contribution in [0.5, 0.6) is 0 Å². The largest absolute Gasteiger partial charge is 0.366 e. The Kier molecular flexibility index (Phi) is 1.78. The summed E-state index contributed by atoms with van der Waals surface area (Å²) in [7, 11) is 0. The third-order valence-corrected chi connectivity index (χ3v) is 1.57. The van der Waals surface area contributed by atoms with Gasteiger partial charge in [-0.3, -0.25) is 0 Å². The molecule has 2 N–H and O–H groups in total. The van der Waals surface area contributed by atoms with E-state index in [-0.39, 0.29) is 0 Å². The fourth-order valence-electron chi connectivity index (χ4n) is 0.918. The fraction of sp³-hybridized carbons (Fsp3) is 1.00. The Morgan fingerprint density at radius 1 is 1.44 bits per heavy atom. The molecule has 0 spiro atoms. The zero-order valence-corrected chi connectivity index (χ0v) is 5.13. The van der Waals surface area contributed by atoms with Crippen molar-refractivity contribution < 1.29 is 5.11 Å². The average molecular weight is 130 g/mol. The van der Waals surface area contributed by atoms with Gasteiger partial charge in [0, 0.05) is 12.8 Å². The molecule has 0 radical (unpaired) electrons. The summed E-state index contributed by atoms with van der Waals surface area (Å²) in [5.74, 6) is 0. The Balaban J connectivity index is 2.46. The molecule has 1 aliphatic rings. The molecule has 0 unspecified atom stereocenters. The van der Waals surface area contributed by atoms with Crippen LogP contribution in [0.1, 0.15) is 12.8 Å². The smallest absolute Gasteiger partial charge is 0.199 e. The number of piperidine rings is 1. The molecule has 1 saturated heterocycles. The molecular formula is C5H10N2O2. The minimum absolute atomic E-state index is 0.441. The van der Waals surface area contributed by atoms with Gasteiger partial charge in [-0.15, -0.1) is 4.91 Å². The predicted molar refractivity (Wildman–Crippen MR) is 32.8 cm³/mol. The Morgan fingerprint density at radius 3 is 2.33 bits per heavy atom. The lowest BCUT2D eigenvalue weighted by Crippen LogP contribution is -2.39. The highest BCUT2D eigenvalue weighted by Crippen LogP contribution is 2.17. The number of aliphatic hydroxyl groups is 1. The molecular weight excluding hydrogens is 120 g/mol. The minimum Gasteiger partial charge on any atom is -0.366 e. The van der Waals surface area contributed by atoms with Crippen LogP contribution in [0.4, 0.5) is 0 Å². The number of hydrogen-bond acceptors (Lipinski definition) is 4. The van der Waals surface area contributed by atoms with E-state index in [0.717, 1.165) is 0 Å². The summed E-state index contributed by atoms with van der Waals surface area (Å²) in [6, 6.07) is 0. The van der Waals surface area contributed by atoms with Gasteiger partial charge in [-0.2, -0.15) is 0 Å². The summed E-state index contributed by atoms with van der Waals surface area (Å²) in [5, 5.41) is 14.8. The van der Waals surface area contributed by atoms with E-state index >= 15 is 0 Å². The van der Waals surface area contributed by atoms with Crippen molar-refractivity contribution in [2.24, 2.45) is 5.18 Å². The van der Waals surface area contributed by atoms with Crippen LogP contribution in [0.3, 0.4) is 0 Å². The zero-order valence-electron chi connectivity index (χ0n) is 5.13. The van der Waals surface area contributed by atoms with Gasteiger partial charge in [0.2, 0.25) is 0 Å². The van der Waals surface area contributed by atoms with Gasteiger partial charge in [0.25, 0.3) is 0 Å². The molecule has 0 bridgehead atoms. The predicted octanol–water partition coefficient (Wildman–Crippen LogP) is -0.175. The van der Waals surface area contributed by atoms with Gasteiger partial charge in [-0.05, 0) is 18.3 Å². The van der Waals surface area contributed by atoms with Crippen molar-refractivity contribution in [1.29, 1.82) is 0 Å². The van der Waals surface area contributed by atoms with E-state index in [9.17, 15) is 4.91 Å². The first-order valence-electron chi connectivity index (χ1n) is 3.04. The third-order valence-electron chi connectivity index (χ3n) is 1.57. The van der Waals surface area contributed by atoms with E-state index in [1.165, 1.54) is 0 Å². The van der Waals surface area contributed by atoms with E-state index in [1.807, 2.05) is 0 Å². The molecule has 4 nitrogen and oxygen atoms in total. The van der Waals surface area contributed by atoms with Crippen molar-refractivity contribution in [1.82, 2.24) is 5.32 Å². The highest BCUT2D eigenvalue weighted by molar-refractivity contribution is 4.80. The normalized spacial score (nSPS) is 25.4. The summed E-state index contributed by atoms with van der Waals surface area (Å²) in [6.45, 7) is 1.37. The maximum atomic E-state index is 9.95. The van der Waals surface area contributed by atoms with E-state index < -0.39 is 5.72 Å². The maximum Gasteiger partial charge on any atom is 0.199 e. The fourth-order valence-corrected chi connectivity index (χ4v) is 0.918.